The maximum absolute atomic E-state index is 12.7. The SMILES string of the molecule is Cc1ccccc1NC(=O)Nc1nc(=O)c(-c2ccc(CN(CCCN)Cc3nccn3C)cc2)c[nH]1. The summed E-state index contributed by atoms with van der Waals surface area (Å²) < 4.78 is 2.02. The lowest BCUT2D eigenvalue weighted by molar-refractivity contribution is 0.246. The largest absolute Gasteiger partial charge is 0.337 e. The van der Waals surface area contributed by atoms with Gasteiger partial charge in [0, 0.05) is 44.4 Å². The highest BCUT2D eigenvalue weighted by molar-refractivity contribution is 5.99. The van der Waals surface area contributed by atoms with Gasteiger partial charge in [0.25, 0.3) is 5.56 Å². The summed E-state index contributed by atoms with van der Waals surface area (Å²) in [6, 6.07) is 14.8. The molecule has 37 heavy (non-hydrogen) atoms. The fraction of sp³-hybridized carbons (Fsp3) is 0.259. The molecular formula is C27H32N8O2. The molecule has 2 aromatic heterocycles. The molecule has 0 fully saturated rings. The Labute approximate surface area is 215 Å². The number of hydrogen-bond acceptors (Lipinski definition) is 6. The maximum Gasteiger partial charge on any atom is 0.326 e. The predicted octanol–water partition coefficient (Wildman–Crippen LogP) is 3.47. The summed E-state index contributed by atoms with van der Waals surface area (Å²) in [7, 11) is 1.99. The van der Waals surface area contributed by atoms with E-state index in [0.717, 1.165) is 48.6 Å². The van der Waals surface area contributed by atoms with Gasteiger partial charge in [-0.15, -0.1) is 0 Å². The van der Waals surface area contributed by atoms with E-state index in [9.17, 15) is 9.59 Å². The third-order valence-electron chi connectivity index (χ3n) is 6.06. The zero-order valence-corrected chi connectivity index (χ0v) is 21.1. The first-order chi connectivity index (χ1) is 17.9. The van der Waals surface area contributed by atoms with Gasteiger partial charge in [-0.3, -0.25) is 15.0 Å². The van der Waals surface area contributed by atoms with Crippen LogP contribution in [0.4, 0.5) is 16.4 Å². The molecule has 2 amide bonds. The molecule has 10 heteroatoms. The Balaban J connectivity index is 1.41. The molecule has 5 N–H and O–H groups in total. The second-order valence-electron chi connectivity index (χ2n) is 8.87. The average molecular weight is 501 g/mol. The summed E-state index contributed by atoms with van der Waals surface area (Å²) in [5.74, 6) is 1.06. The number of benzene rings is 2. The summed E-state index contributed by atoms with van der Waals surface area (Å²) in [5, 5.41) is 5.32. The van der Waals surface area contributed by atoms with Gasteiger partial charge in [-0.1, -0.05) is 42.5 Å². The number of urea groups is 1. The Kier molecular flexibility index (Phi) is 8.44. The Morgan fingerprint density at radius 2 is 1.89 bits per heavy atom. The molecule has 0 aliphatic rings. The van der Waals surface area contributed by atoms with Gasteiger partial charge in [-0.05, 0) is 42.6 Å². The molecule has 0 bridgehead atoms. The lowest BCUT2D eigenvalue weighted by atomic mass is 10.1. The van der Waals surface area contributed by atoms with Crippen molar-refractivity contribution < 1.29 is 4.79 Å². The van der Waals surface area contributed by atoms with E-state index >= 15 is 0 Å². The van der Waals surface area contributed by atoms with Crippen molar-refractivity contribution >= 4 is 17.7 Å². The van der Waals surface area contributed by atoms with Crippen LogP contribution < -0.4 is 21.9 Å². The highest BCUT2D eigenvalue weighted by Gasteiger charge is 2.12. The number of aromatic amines is 1. The second-order valence-corrected chi connectivity index (χ2v) is 8.87. The average Bonchev–Trinajstić information content (AvgIpc) is 3.28. The van der Waals surface area contributed by atoms with Crippen LogP contribution in [0.3, 0.4) is 0 Å². The minimum Gasteiger partial charge on any atom is -0.337 e. The smallest absolute Gasteiger partial charge is 0.326 e. The topological polar surface area (TPSA) is 134 Å². The van der Waals surface area contributed by atoms with Crippen molar-refractivity contribution in [3.8, 4) is 11.1 Å². The highest BCUT2D eigenvalue weighted by Crippen LogP contribution is 2.18. The number of amides is 2. The number of carbonyl (C=O) groups is 1. The van der Waals surface area contributed by atoms with Gasteiger partial charge >= 0.3 is 6.03 Å². The van der Waals surface area contributed by atoms with Crippen molar-refractivity contribution in [3.05, 3.63) is 94.4 Å². The predicted molar refractivity (Wildman–Crippen MR) is 145 cm³/mol. The molecule has 2 aromatic carbocycles. The Hall–Kier alpha value is -4.28. The minimum absolute atomic E-state index is 0.0706. The monoisotopic (exact) mass is 500 g/mol. The van der Waals surface area contributed by atoms with E-state index in [1.807, 2.05) is 67.2 Å². The van der Waals surface area contributed by atoms with Crippen molar-refractivity contribution in [2.45, 2.75) is 26.4 Å². The first kappa shape index (κ1) is 25.8. The number of H-pyrrole nitrogens is 1. The van der Waals surface area contributed by atoms with Crippen molar-refractivity contribution in [1.82, 2.24) is 24.4 Å². The van der Waals surface area contributed by atoms with Crippen molar-refractivity contribution in [3.63, 3.8) is 0 Å². The van der Waals surface area contributed by atoms with Crippen molar-refractivity contribution in [2.75, 3.05) is 23.7 Å². The fourth-order valence-corrected chi connectivity index (χ4v) is 3.97. The zero-order valence-electron chi connectivity index (χ0n) is 21.1. The summed E-state index contributed by atoms with van der Waals surface area (Å²) in [4.78, 5) is 38.6. The fourth-order valence-electron chi connectivity index (χ4n) is 3.97. The summed E-state index contributed by atoms with van der Waals surface area (Å²) in [6.45, 7) is 4.85. The first-order valence-electron chi connectivity index (χ1n) is 12.1. The van der Waals surface area contributed by atoms with E-state index in [4.69, 9.17) is 5.73 Å². The van der Waals surface area contributed by atoms with Crippen LogP contribution in [-0.4, -0.2) is 43.5 Å². The van der Waals surface area contributed by atoms with Gasteiger partial charge in [-0.2, -0.15) is 4.98 Å². The highest BCUT2D eigenvalue weighted by atomic mass is 16.2. The summed E-state index contributed by atoms with van der Waals surface area (Å²) >= 11 is 0. The maximum atomic E-state index is 12.7. The van der Waals surface area contributed by atoms with E-state index in [1.54, 1.807) is 18.5 Å². The van der Waals surface area contributed by atoms with Crippen LogP contribution >= 0.6 is 0 Å². The van der Waals surface area contributed by atoms with Gasteiger partial charge in [-0.25, -0.2) is 9.78 Å². The summed E-state index contributed by atoms with van der Waals surface area (Å²) in [6.07, 6.45) is 6.19. The number of nitrogens with zero attached hydrogens (tertiary/aromatic N) is 4. The van der Waals surface area contributed by atoms with Crippen LogP contribution in [0.5, 0.6) is 0 Å². The molecule has 0 unspecified atom stereocenters. The van der Waals surface area contributed by atoms with Gasteiger partial charge < -0.3 is 20.6 Å². The Morgan fingerprint density at radius 3 is 2.57 bits per heavy atom. The number of imidazole rings is 1. The van der Waals surface area contributed by atoms with E-state index in [2.05, 4.69) is 30.5 Å². The number of rotatable bonds is 10. The lowest BCUT2D eigenvalue weighted by Crippen LogP contribution is -2.27. The van der Waals surface area contributed by atoms with Crippen LogP contribution in [0.1, 0.15) is 23.4 Å². The van der Waals surface area contributed by atoms with Crippen LogP contribution in [0, 0.1) is 6.92 Å². The molecule has 0 saturated heterocycles. The number of carbonyl (C=O) groups excluding carboxylic acids is 1. The molecule has 2 heterocycles. The molecular weight excluding hydrogens is 468 g/mol. The van der Waals surface area contributed by atoms with Gasteiger partial charge in [0.2, 0.25) is 5.95 Å². The van der Waals surface area contributed by atoms with E-state index in [0.29, 0.717) is 17.8 Å². The summed E-state index contributed by atoms with van der Waals surface area (Å²) in [5.41, 5.74) is 9.19. The van der Waals surface area contributed by atoms with Crippen molar-refractivity contribution in [2.24, 2.45) is 12.8 Å². The van der Waals surface area contributed by atoms with Gasteiger partial charge in [0.1, 0.15) is 5.82 Å². The van der Waals surface area contributed by atoms with Crippen LogP contribution in [0.15, 0.2) is 71.9 Å². The molecule has 4 aromatic rings. The zero-order chi connectivity index (χ0) is 26.2. The molecule has 0 aliphatic heterocycles. The Morgan fingerprint density at radius 1 is 1.11 bits per heavy atom. The molecule has 4 rings (SSSR count). The number of para-hydroxylation sites is 1. The van der Waals surface area contributed by atoms with E-state index < -0.39 is 11.6 Å². The van der Waals surface area contributed by atoms with E-state index in [1.165, 1.54) is 0 Å². The minimum atomic E-state index is -0.487. The standard InChI is InChI=1S/C27H32N8O2/c1-19-6-3-4-7-23(19)31-27(37)33-26-30-16-22(25(36)32-26)21-10-8-20(9-11-21)17-35(14-5-12-28)18-24-29-13-15-34(24)2/h3-4,6-11,13,15-16H,5,12,14,17-18,28H2,1-2H3,(H3,30,31,32,33,36,37). The Bertz CT molecular complexity index is 1390. The van der Waals surface area contributed by atoms with Crippen molar-refractivity contribution in [1.29, 1.82) is 0 Å². The third-order valence-corrected chi connectivity index (χ3v) is 6.06. The number of nitrogens with two attached hydrogens (primary N) is 1. The number of aryl methyl sites for hydroxylation is 2. The number of aromatic nitrogens is 4. The first-order valence-corrected chi connectivity index (χ1v) is 12.1. The molecule has 0 saturated carbocycles. The number of hydrogen-bond donors (Lipinski definition) is 4. The number of anilines is 2. The van der Waals surface area contributed by atoms with Crippen LogP contribution in [0.25, 0.3) is 11.1 Å². The molecule has 192 valence electrons. The molecule has 0 atom stereocenters. The van der Waals surface area contributed by atoms with E-state index in [-0.39, 0.29) is 5.95 Å². The second kappa shape index (κ2) is 12.1. The third kappa shape index (κ3) is 6.90. The van der Waals surface area contributed by atoms with Gasteiger partial charge in [0.05, 0.1) is 12.1 Å². The number of nitrogens with one attached hydrogen (secondary N) is 3. The van der Waals surface area contributed by atoms with Crippen LogP contribution in [-0.2, 0) is 20.1 Å². The lowest BCUT2D eigenvalue weighted by Gasteiger charge is -2.22. The quantitative estimate of drug-likeness (QED) is 0.263. The molecule has 0 spiro atoms. The van der Waals surface area contributed by atoms with Crippen LogP contribution in [0.2, 0.25) is 0 Å². The molecule has 0 aliphatic carbocycles. The molecule has 10 nitrogen and oxygen atoms in total. The normalized spacial score (nSPS) is 11.0. The molecule has 0 radical (unpaired) electrons. The van der Waals surface area contributed by atoms with Gasteiger partial charge in [0.15, 0.2) is 0 Å².